The highest BCUT2D eigenvalue weighted by atomic mass is 35.5. The highest BCUT2D eigenvalue weighted by Crippen LogP contribution is 2.37. The number of pyridine rings is 1. The molecule has 8 nitrogen and oxygen atoms in total. The van der Waals surface area contributed by atoms with Crippen LogP contribution in [-0.4, -0.2) is 36.6 Å². The zero-order valence-corrected chi connectivity index (χ0v) is 25.7. The van der Waals surface area contributed by atoms with Crippen molar-refractivity contribution < 1.29 is 22.0 Å². The molecule has 0 fully saturated rings. The molecule has 0 atom stereocenters. The molecule has 0 spiro atoms. The van der Waals surface area contributed by atoms with Crippen molar-refractivity contribution in [1.82, 2.24) is 13.5 Å². The summed E-state index contributed by atoms with van der Waals surface area (Å²) in [6.07, 6.45) is 2.95. The number of ether oxygens (including phenoxy) is 1. The molecule has 0 aliphatic rings. The molecule has 6 rings (SSSR count). The third kappa shape index (κ3) is 4.85. The zero-order chi connectivity index (χ0) is 29.8. The van der Waals surface area contributed by atoms with Crippen LogP contribution in [0.1, 0.15) is 0 Å². The lowest BCUT2D eigenvalue weighted by atomic mass is 10.1. The molecule has 42 heavy (non-hydrogen) atoms. The van der Waals surface area contributed by atoms with Gasteiger partial charge in [-0.3, -0.25) is 0 Å². The van der Waals surface area contributed by atoms with Gasteiger partial charge in [-0.1, -0.05) is 49.4 Å². The maximum atomic E-state index is 15.5. The average Bonchev–Trinajstić information content (AvgIpc) is 3.56. The average molecular weight is 624 g/mol. The second-order valence-electron chi connectivity index (χ2n) is 11.2. The fourth-order valence-electron chi connectivity index (χ4n) is 5.00. The third-order valence-electron chi connectivity index (χ3n) is 7.16. The summed E-state index contributed by atoms with van der Waals surface area (Å²) in [7, 11) is -5.34. The predicted molar refractivity (Wildman–Crippen MR) is 165 cm³/mol. The summed E-state index contributed by atoms with van der Waals surface area (Å²) in [4.78, 5) is 17.6. The Hall–Kier alpha value is -3.77. The minimum absolute atomic E-state index is 0.0145. The number of rotatable bonds is 8. The molecule has 0 saturated heterocycles. The van der Waals surface area contributed by atoms with Gasteiger partial charge in [-0.2, -0.15) is 0 Å². The van der Waals surface area contributed by atoms with Gasteiger partial charge in [0.1, 0.15) is 12.3 Å². The number of nitrogens with zero attached hydrogens (tertiary/aromatic N) is 3. The molecule has 0 unspecified atom stereocenters. The van der Waals surface area contributed by atoms with Crippen LogP contribution in [0.5, 0.6) is 0 Å². The van der Waals surface area contributed by atoms with E-state index in [4.69, 9.17) is 20.8 Å². The zero-order valence-electron chi connectivity index (χ0n) is 23.1. The van der Waals surface area contributed by atoms with Crippen LogP contribution in [0.2, 0.25) is 30.7 Å². The van der Waals surface area contributed by atoms with Crippen molar-refractivity contribution in [3.63, 3.8) is 0 Å². The lowest BCUT2D eigenvalue weighted by Gasteiger charge is -2.17. The molecule has 0 bridgehead atoms. The highest BCUT2D eigenvalue weighted by molar-refractivity contribution is 7.90. The lowest BCUT2D eigenvalue weighted by Crippen LogP contribution is -2.22. The molecule has 0 radical (unpaired) electrons. The van der Waals surface area contributed by atoms with Gasteiger partial charge in [0.15, 0.2) is 11.5 Å². The van der Waals surface area contributed by atoms with E-state index in [-0.39, 0.29) is 44.2 Å². The first-order valence-corrected chi connectivity index (χ1v) is 18.8. The van der Waals surface area contributed by atoms with Crippen LogP contribution in [0.25, 0.3) is 44.2 Å². The van der Waals surface area contributed by atoms with Crippen molar-refractivity contribution in [3.8, 4) is 11.3 Å². The molecule has 0 aliphatic carbocycles. The van der Waals surface area contributed by atoms with Crippen LogP contribution in [0.3, 0.4) is 0 Å². The minimum Gasteiger partial charge on any atom is -0.422 e. The maximum Gasteiger partial charge on any atom is 0.345 e. The molecular weight excluding hydrogens is 597 g/mol. The van der Waals surface area contributed by atoms with Gasteiger partial charge in [-0.25, -0.2) is 26.6 Å². The van der Waals surface area contributed by atoms with Crippen LogP contribution >= 0.6 is 11.6 Å². The summed E-state index contributed by atoms with van der Waals surface area (Å²) < 4.78 is 56.9. The number of benzene rings is 2. The maximum absolute atomic E-state index is 15.5. The molecular formula is C30H27ClFN3O5SSi. The van der Waals surface area contributed by atoms with E-state index in [1.807, 2.05) is 0 Å². The van der Waals surface area contributed by atoms with Crippen molar-refractivity contribution in [2.75, 3.05) is 6.61 Å². The van der Waals surface area contributed by atoms with Crippen molar-refractivity contribution in [2.45, 2.75) is 37.3 Å². The second-order valence-corrected chi connectivity index (χ2v) is 19.1. The van der Waals surface area contributed by atoms with Crippen LogP contribution in [0, 0.1) is 5.82 Å². The molecule has 6 aromatic rings. The van der Waals surface area contributed by atoms with Crippen LogP contribution < -0.4 is 5.63 Å². The fourth-order valence-corrected chi connectivity index (χ4v) is 7.23. The highest BCUT2D eigenvalue weighted by Gasteiger charge is 2.25. The number of hydrogen-bond acceptors (Lipinski definition) is 6. The first kappa shape index (κ1) is 28.4. The van der Waals surface area contributed by atoms with Gasteiger partial charge in [0, 0.05) is 38.0 Å². The standard InChI is InChI=1S/C30H27ClFN3O5SSi/c1-42(2,3)16-15-39-18-34-24(17-22-28(34)26-25(40-30(22)36)10-9-23(31)27(26)32)20-11-13-33-29-21(20)12-14-35(29)41(37,38)19-7-5-4-6-8-19/h4-14,17H,15-16,18H2,1-3H3. The Morgan fingerprint density at radius 2 is 1.81 bits per heavy atom. The molecule has 216 valence electrons. The molecule has 0 N–H and O–H groups in total. The van der Waals surface area contributed by atoms with E-state index in [9.17, 15) is 13.2 Å². The number of halogens is 2. The Kier molecular flexibility index (Phi) is 7.08. The van der Waals surface area contributed by atoms with Crippen molar-refractivity contribution in [3.05, 3.63) is 94.3 Å². The molecule has 4 aromatic heterocycles. The number of aromatic nitrogens is 3. The predicted octanol–water partition coefficient (Wildman–Crippen LogP) is 7.11. The lowest BCUT2D eigenvalue weighted by molar-refractivity contribution is 0.0914. The summed E-state index contributed by atoms with van der Waals surface area (Å²) in [6.45, 7) is 7.22. The van der Waals surface area contributed by atoms with E-state index in [1.165, 1.54) is 36.7 Å². The molecule has 12 heteroatoms. The Morgan fingerprint density at radius 1 is 1.05 bits per heavy atom. The van der Waals surface area contributed by atoms with E-state index in [1.54, 1.807) is 41.0 Å². The number of hydrogen-bond donors (Lipinski definition) is 0. The van der Waals surface area contributed by atoms with Gasteiger partial charge in [0.05, 0.1) is 31.9 Å². The van der Waals surface area contributed by atoms with E-state index in [0.717, 1.165) is 10.0 Å². The largest absolute Gasteiger partial charge is 0.422 e. The minimum atomic E-state index is -3.94. The second kappa shape index (κ2) is 10.5. The summed E-state index contributed by atoms with van der Waals surface area (Å²) in [5.41, 5.74) is 1.00. The Balaban J connectivity index is 1.59. The van der Waals surface area contributed by atoms with Gasteiger partial charge in [-0.15, -0.1) is 0 Å². The topological polar surface area (TPSA) is 96.3 Å². The molecule has 2 aromatic carbocycles. The van der Waals surface area contributed by atoms with E-state index in [0.29, 0.717) is 23.3 Å². The van der Waals surface area contributed by atoms with Crippen LogP contribution in [-0.2, 0) is 21.5 Å². The van der Waals surface area contributed by atoms with E-state index < -0.39 is 29.5 Å². The third-order valence-corrected chi connectivity index (χ3v) is 10.8. The van der Waals surface area contributed by atoms with Gasteiger partial charge >= 0.3 is 5.63 Å². The Labute approximate surface area is 247 Å². The van der Waals surface area contributed by atoms with Gasteiger partial charge < -0.3 is 13.7 Å². The molecule has 0 saturated carbocycles. The smallest absolute Gasteiger partial charge is 0.345 e. The molecule has 4 heterocycles. The fraction of sp³-hybridized carbons (Fsp3) is 0.200. The van der Waals surface area contributed by atoms with Crippen molar-refractivity contribution in [2.24, 2.45) is 0 Å². The first-order chi connectivity index (χ1) is 20.0. The monoisotopic (exact) mass is 623 g/mol. The van der Waals surface area contributed by atoms with E-state index in [2.05, 4.69) is 24.6 Å². The Morgan fingerprint density at radius 3 is 2.55 bits per heavy atom. The van der Waals surface area contributed by atoms with Crippen LogP contribution in [0.15, 0.2) is 87.2 Å². The summed E-state index contributed by atoms with van der Waals surface area (Å²) in [5.74, 6) is -0.712. The SMILES string of the molecule is C[Si](C)(C)CCOCn1c(-c2ccnc3c2ccn3S(=O)(=O)c2ccccc2)cc2c(=O)oc3ccc(Cl)c(F)c3c21. The van der Waals surface area contributed by atoms with Gasteiger partial charge in [0.25, 0.3) is 10.0 Å². The summed E-state index contributed by atoms with van der Waals surface area (Å²) in [6, 6.07) is 16.8. The summed E-state index contributed by atoms with van der Waals surface area (Å²) >= 11 is 6.16. The van der Waals surface area contributed by atoms with Crippen molar-refractivity contribution >= 4 is 62.6 Å². The van der Waals surface area contributed by atoms with Crippen LogP contribution in [0.4, 0.5) is 4.39 Å². The van der Waals surface area contributed by atoms with Crippen molar-refractivity contribution in [1.29, 1.82) is 0 Å². The first-order valence-electron chi connectivity index (χ1n) is 13.3. The molecule has 0 aliphatic heterocycles. The normalized spacial score (nSPS) is 12.6. The quantitative estimate of drug-likeness (QED) is 0.102. The van der Waals surface area contributed by atoms with Gasteiger partial charge in [0.2, 0.25) is 0 Å². The summed E-state index contributed by atoms with van der Waals surface area (Å²) in [5, 5.41) is 0.622. The van der Waals surface area contributed by atoms with Gasteiger partial charge in [-0.05, 0) is 48.5 Å². The van der Waals surface area contributed by atoms with E-state index >= 15 is 4.39 Å². The molecule has 0 amide bonds. The Bertz CT molecular complexity index is 2150. The number of fused-ring (bicyclic) bond motifs is 4.